The highest BCUT2D eigenvalue weighted by Gasteiger charge is 2.18. The van der Waals surface area contributed by atoms with Crippen LogP contribution in [0, 0.1) is 0 Å². The molecule has 0 spiro atoms. The van der Waals surface area contributed by atoms with Gasteiger partial charge in [-0.1, -0.05) is 140 Å². The Morgan fingerprint density at radius 1 is 0.475 bits per heavy atom. The van der Waals surface area contributed by atoms with E-state index in [1.165, 1.54) is 54.9 Å². The molecule has 0 bridgehead atoms. The van der Waals surface area contributed by atoms with E-state index in [1.807, 2.05) is 12.3 Å². The topological polar surface area (TPSA) is 12.9 Å². The lowest BCUT2D eigenvalue weighted by Crippen LogP contribution is -1.96. The third-order valence-electron chi connectivity index (χ3n) is 7.83. The minimum Gasteiger partial charge on any atom is -0.256 e. The number of rotatable bonds is 4. The van der Waals surface area contributed by atoms with Crippen molar-refractivity contribution in [2.45, 2.75) is 12.8 Å². The number of fused-ring (bicyclic) bond motifs is 2. The predicted molar refractivity (Wildman–Crippen MR) is 171 cm³/mol. The minimum absolute atomic E-state index is 0.992. The second-order valence-electron chi connectivity index (χ2n) is 10.3. The Hall–Kier alpha value is -5.01. The van der Waals surface area contributed by atoms with Crippen molar-refractivity contribution >= 4 is 32.7 Å². The van der Waals surface area contributed by atoms with Crippen LogP contribution in [0.25, 0.3) is 55.1 Å². The summed E-state index contributed by atoms with van der Waals surface area (Å²) < 4.78 is 0. The van der Waals surface area contributed by atoms with E-state index in [1.54, 1.807) is 0 Å². The van der Waals surface area contributed by atoms with Crippen LogP contribution < -0.4 is 0 Å². The zero-order valence-corrected chi connectivity index (χ0v) is 22.3. The molecule has 40 heavy (non-hydrogen) atoms. The highest BCUT2D eigenvalue weighted by atomic mass is 14.7. The molecule has 0 saturated carbocycles. The largest absolute Gasteiger partial charge is 0.256 e. The van der Waals surface area contributed by atoms with Crippen LogP contribution in [0.1, 0.15) is 24.0 Å². The summed E-state index contributed by atoms with van der Waals surface area (Å²) in [5.74, 6) is 0. The van der Waals surface area contributed by atoms with Crippen LogP contribution in [0.5, 0.6) is 0 Å². The number of pyridine rings is 1. The van der Waals surface area contributed by atoms with Gasteiger partial charge in [0, 0.05) is 17.3 Å². The molecule has 1 aliphatic rings. The molecule has 0 aliphatic heterocycles. The number of hydrogen-bond donors (Lipinski definition) is 0. The van der Waals surface area contributed by atoms with Gasteiger partial charge >= 0.3 is 0 Å². The molecule has 190 valence electrons. The number of aromatic nitrogens is 1. The van der Waals surface area contributed by atoms with Crippen LogP contribution in [-0.4, -0.2) is 4.98 Å². The summed E-state index contributed by atoms with van der Waals surface area (Å²) in [6, 6.07) is 43.1. The van der Waals surface area contributed by atoms with Crippen LogP contribution in [0.2, 0.25) is 0 Å². The predicted octanol–water partition coefficient (Wildman–Crippen LogP) is 10.5. The molecule has 7 rings (SSSR count). The maximum absolute atomic E-state index is 5.01. The molecule has 0 fully saturated rings. The van der Waals surface area contributed by atoms with Gasteiger partial charge in [0.05, 0.1) is 5.69 Å². The molecule has 0 saturated heterocycles. The summed E-state index contributed by atoms with van der Waals surface area (Å²) in [5.41, 5.74) is 9.68. The summed E-state index contributed by atoms with van der Waals surface area (Å²) >= 11 is 0. The van der Waals surface area contributed by atoms with E-state index < -0.39 is 0 Å². The maximum atomic E-state index is 5.01. The first-order chi connectivity index (χ1) is 19.9. The highest BCUT2D eigenvalue weighted by molar-refractivity contribution is 6.18. The average Bonchev–Trinajstić information content (AvgIpc) is 3.01. The fourth-order valence-electron chi connectivity index (χ4n) is 5.90. The SMILES string of the molecule is C1=CC(c2ccccc2)=CC=C(c2c3ccccc3c(-c3ccc(-c4ccccc4)cn3)c3ccccc23)CC1. The van der Waals surface area contributed by atoms with E-state index in [0.717, 1.165) is 24.1 Å². The van der Waals surface area contributed by atoms with Crippen molar-refractivity contribution in [2.75, 3.05) is 0 Å². The monoisotopic (exact) mass is 511 g/mol. The molecule has 0 N–H and O–H groups in total. The van der Waals surface area contributed by atoms with Crippen molar-refractivity contribution in [1.82, 2.24) is 4.98 Å². The average molecular weight is 512 g/mol. The van der Waals surface area contributed by atoms with Crippen molar-refractivity contribution < 1.29 is 0 Å². The van der Waals surface area contributed by atoms with Crippen LogP contribution in [0.15, 0.2) is 152 Å². The Labute approximate surface area is 235 Å². The standard InChI is InChI=1S/C39H29N/c1-3-13-28(14-4-1)30-17-7-8-18-31(24-23-30)38-33-19-9-11-21-35(33)39(36-22-12-10-20-34(36)38)37-26-25-32(27-40-37)29-15-5-2-6-16-29/h1-7,9-17,19-27H,8,18H2. The molecule has 1 heteroatoms. The molecular weight excluding hydrogens is 482 g/mol. The first-order valence-electron chi connectivity index (χ1n) is 14.0. The van der Waals surface area contributed by atoms with E-state index in [-0.39, 0.29) is 0 Å². The third-order valence-corrected chi connectivity index (χ3v) is 7.83. The molecular formula is C39H29N. The highest BCUT2D eigenvalue weighted by Crippen LogP contribution is 2.42. The Balaban J connectivity index is 1.43. The van der Waals surface area contributed by atoms with Crippen molar-refractivity contribution in [1.29, 1.82) is 0 Å². The lowest BCUT2D eigenvalue weighted by Gasteiger charge is -2.19. The van der Waals surface area contributed by atoms with Crippen LogP contribution >= 0.6 is 0 Å². The van der Waals surface area contributed by atoms with E-state index in [0.29, 0.717) is 0 Å². The van der Waals surface area contributed by atoms with Crippen LogP contribution in [-0.2, 0) is 0 Å². The van der Waals surface area contributed by atoms with Crippen molar-refractivity contribution in [2.24, 2.45) is 0 Å². The van der Waals surface area contributed by atoms with Gasteiger partial charge < -0.3 is 0 Å². The van der Waals surface area contributed by atoms with E-state index in [2.05, 4.69) is 140 Å². The summed E-state index contributed by atoms with van der Waals surface area (Å²) in [6.07, 6.45) is 13.2. The molecule has 6 aromatic rings. The van der Waals surface area contributed by atoms with E-state index in [4.69, 9.17) is 4.98 Å². The number of benzene rings is 5. The zero-order valence-electron chi connectivity index (χ0n) is 22.3. The van der Waals surface area contributed by atoms with Gasteiger partial charge in [0.25, 0.3) is 0 Å². The summed E-state index contributed by atoms with van der Waals surface area (Å²) in [5, 5.41) is 5.02. The van der Waals surface area contributed by atoms with Crippen LogP contribution in [0.4, 0.5) is 0 Å². The van der Waals surface area contributed by atoms with E-state index in [9.17, 15) is 0 Å². The quantitative estimate of drug-likeness (QED) is 0.215. The van der Waals surface area contributed by atoms with Crippen molar-refractivity contribution in [3.8, 4) is 22.4 Å². The molecule has 0 radical (unpaired) electrons. The van der Waals surface area contributed by atoms with Gasteiger partial charge in [0.15, 0.2) is 0 Å². The Bertz CT molecular complexity index is 1850. The molecule has 0 unspecified atom stereocenters. The normalized spacial score (nSPS) is 13.5. The van der Waals surface area contributed by atoms with Gasteiger partial charge in [-0.05, 0) is 68.3 Å². The summed E-state index contributed by atoms with van der Waals surface area (Å²) in [4.78, 5) is 5.01. The van der Waals surface area contributed by atoms with E-state index >= 15 is 0 Å². The number of hydrogen-bond acceptors (Lipinski definition) is 1. The second kappa shape index (κ2) is 10.6. The Morgan fingerprint density at radius 2 is 1.05 bits per heavy atom. The molecule has 1 heterocycles. The second-order valence-corrected chi connectivity index (χ2v) is 10.3. The molecule has 1 aromatic heterocycles. The van der Waals surface area contributed by atoms with Gasteiger partial charge in [-0.15, -0.1) is 0 Å². The zero-order chi connectivity index (χ0) is 26.7. The first kappa shape index (κ1) is 24.1. The molecule has 1 aliphatic carbocycles. The molecule has 0 amide bonds. The first-order valence-corrected chi connectivity index (χ1v) is 14.0. The fourth-order valence-corrected chi connectivity index (χ4v) is 5.90. The van der Waals surface area contributed by atoms with Crippen LogP contribution in [0.3, 0.4) is 0 Å². The summed E-state index contributed by atoms with van der Waals surface area (Å²) in [6.45, 7) is 0. The fraction of sp³-hybridized carbons (Fsp3) is 0.0513. The smallest absolute Gasteiger partial charge is 0.0714 e. The molecule has 1 nitrogen and oxygen atoms in total. The van der Waals surface area contributed by atoms with Crippen molar-refractivity contribution in [3.05, 3.63) is 163 Å². The van der Waals surface area contributed by atoms with Gasteiger partial charge in [0.1, 0.15) is 0 Å². The van der Waals surface area contributed by atoms with Gasteiger partial charge in [-0.25, -0.2) is 0 Å². The molecule has 5 aromatic carbocycles. The Morgan fingerprint density at radius 3 is 1.65 bits per heavy atom. The molecule has 0 atom stereocenters. The van der Waals surface area contributed by atoms with Gasteiger partial charge in [-0.2, -0.15) is 0 Å². The van der Waals surface area contributed by atoms with Gasteiger partial charge in [0.2, 0.25) is 0 Å². The number of allylic oxidation sites excluding steroid dienone is 6. The minimum atomic E-state index is 0.992. The third kappa shape index (κ3) is 4.46. The maximum Gasteiger partial charge on any atom is 0.0714 e. The van der Waals surface area contributed by atoms with Gasteiger partial charge in [-0.3, -0.25) is 4.98 Å². The lowest BCUT2D eigenvalue weighted by atomic mass is 9.85. The number of nitrogens with zero attached hydrogens (tertiary/aromatic N) is 1. The Kier molecular flexibility index (Phi) is 6.39. The summed E-state index contributed by atoms with van der Waals surface area (Å²) in [7, 11) is 0. The van der Waals surface area contributed by atoms with Crippen molar-refractivity contribution in [3.63, 3.8) is 0 Å². The lowest BCUT2D eigenvalue weighted by molar-refractivity contribution is 1.07.